The molecule has 0 aromatic rings. The Morgan fingerprint density at radius 3 is 1.90 bits per heavy atom. The van der Waals surface area contributed by atoms with Crippen LogP contribution in [-0.4, -0.2) is 48.3 Å². The van der Waals surface area contributed by atoms with E-state index < -0.39 is 0 Å². The highest BCUT2D eigenvalue weighted by molar-refractivity contribution is 5.69. The van der Waals surface area contributed by atoms with Gasteiger partial charge in [-0.15, -0.1) is 0 Å². The summed E-state index contributed by atoms with van der Waals surface area (Å²) in [5.74, 6) is 0.00713. The number of carbonyl (C=O) groups is 1. The molecule has 0 saturated heterocycles. The van der Waals surface area contributed by atoms with E-state index in [0.29, 0.717) is 6.42 Å². The summed E-state index contributed by atoms with van der Waals surface area (Å²) in [6.07, 6.45) is 19.5. The van der Waals surface area contributed by atoms with Crippen molar-refractivity contribution in [2.75, 3.05) is 20.1 Å². The minimum absolute atomic E-state index is 0.00713. The van der Waals surface area contributed by atoms with Crippen molar-refractivity contribution in [3.05, 3.63) is 0 Å². The van der Waals surface area contributed by atoms with Gasteiger partial charge in [-0.05, 0) is 59.0 Å². The van der Waals surface area contributed by atoms with Crippen LogP contribution < -0.4 is 0 Å². The summed E-state index contributed by atoms with van der Waals surface area (Å²) in [7, 11) is 2.05. The molecule has 0 rings (SSSR count). The number of rotatable bonds is 22. The molecule has 4 nitrogen and oxygen atoms in total. The van der Waals surface area contributed by atoms with Crippen LogP contribution in [0.2, 0.25) is 0 Å². The first-order chi connectivity index (χ1) is 14.5. The van der Waals surface area contributed by atoms with Crippen molar-refractivity contribution in [1.29, 1.82) is 0 Å². The number of aliphatic hydroxyl groups excluding tert-OH is 1. The molecule has 2 atom stereocenters. The van der Waals surface area contributed by atoms with Crippen LogP contribution in [0.4, 0.5) is 0 Å². The zero-order chi connectivity index (χ0) is 22.5. The summed E-state index contributed by atoms with van der Waals surface area (Å²) < 4.78 is 5.87. The Morgan fingerprint density at radius 1 is 0.800 bits per heavy atom. The fourth-order valence-corrected chi connectivity index (χ4v) is 4.01. The zero-order valence-corrected chi connectivity index (χ0v) is 20.8. The highest BCUT2D eigenvalue weighted by Crippen LogP contribution is 2.17. The van der Waals surface area contributed by atoms with Crippen molar-refractivity contribution < 1.29 is 14.6 Å². The standard InChI is InChI=1S/C26H53NO3/c1-5-7-9-11-12-16-20-25(19-15-10-8-6-2)30-26(29)21-17-13-14-18-22-27(4)23-24(3)28/h24-25,28H,5-23H2,1-4H3. The van der Waals surface area contributed by atoms with Gasteiger partial charge in [-0.1, -0.05) is 78.1 Å². The van der Waals surface area contributed by atoms with Gasteiger partial charge < -0.3 is 14.7 Å². The number of nitrogens with zero attached hydrogens (tertiary/aromatic N) is 1. The monoisotopic (exact) mass is 427 g/mol. The molecule has 4 heteroatoms. The summed E-state index contributed by atoms with van der Waals surface area (Å²) in [5, 5.41) is 9.39. The molecule has 0 aromatic carbocycles. The molecule has 180 valence electrons. The highest BCUT2D eigenvalue weighted by atomic mass is 16.5. The van der Waals surface area contributed by atoms with Crippen molar-refractivity contribution in [3.63, 3.8) is 0 Å². The maximum Gasteiger partial charge on any atom is 0.306 e. The van der Waals surface area contributed by atoms with Gasteiger partial charge in [-0.3, -0.25) is 4.79 Å². The van der Waals surface area contributed by atoms with Crippen LogP contribution >= 0.6 is 0 Å². The Labute approximate surface area is 188 Å². The van der Waals surface area contributed by atoms with E-state index in [1.165, 1.54) is 64.2 Å². The molecular weight excluding hydrogens is 374 g/mol. The third-order valence-electron chi connectivity index (χ3n) is 5.80. The maximum absolute atomic E-state index is 12.3. The van der Waals surface area contributed by atoms with Crippen molar-refractivity contribution >= 4 is 5.97 Å². The first kappa shape index (κ1) is 29.4. The number of aliphatic hydroxyl groups is 1. The van der Waals surface area contributed by atoms with E-state index in [1.54, 1.807) is 0 Å². The van der Waals surface area contributed by atoms with Crippen molar-refractivity contribution in [1.82, 2.24) is 4.90 Å². The average molecular weight is 428 g/mol. The molecule has 0 radical (unpaired) electrons. The molecule has 0 bridgehead atoms. The molecule has 0 spiro atoms. The summed E-state index contributed by atoms with van der Waals surface area (Å²) in [5.41, 5.74) is 0. The number of esters is 1. The van der Waals surface area contributed by atoms with Crippen molar-refractivity contribution in [2.24, 2.45) is 0 Å². The van der Waals surface area contributed by atoms with Crippen LogP contribution in [0.15, 0.2) is 0 Å². The molecule has 0 aliphatic rings. The molecule has 0 aliphatic carbocycles. The molecule has 0 fully saturated rings. The fraction of sp³-hybridized carbons (Fsp3) is 0.962. The number of carbonyl (C=O) groups excluding carboxylic acids is 1. The minimum Gasteiger partial charge on any atom is -0.462 e. The van der Waals surface area contributed by atoms with Gasteiger partial charge in [-0.25, -0.2) is 0 Å². The second-order valence-corrected chi connectivity index (χ2v) is 9.29. The normalized spacial score (nSPS) is 13.5. The smallest absolute Gasteiger partial charge is 0.306 e. The molecular formula is C26H53NO3. The van der Waals surface area contributed by atoms with Gasteiger partial charge in [-0.2, -0.15) is 0 Å². The quantitative estimate of drug-likeness (QED) is 0.151. The van der Waals surface area contributed by atoms with Gasteiger partial charge in [0.2, 0.25) is 0 Å². The molecule has 0 aromatic heterocycles. The van der Waals surface area contributed by atoms with E-state index in [0.717, 1.165) is 51.6 Å². The average Bonchev–Trinajstić information content (AvgIpc) is 2.69. The Hall–Kier alpha value is -0.610. The number of unbranched alkanes of at least 4 members (excludes halogenated alkanes) is 11. The Balaban J connectivity index is 3.96. The lowest BCUT2D eigenvalue weighted by atomic mass is 10.0. The molecule has 30 heavy (non-hydrogen) atoms. The second-order valence-electron chi connectivity index (χ2n) is 9.29. The summed E-state index contributed by atoms with van der Waals surface area (Å²) in [6.45, 7) is 8.05. The van der Waals surface area contributed by atoms with Gasteiger partial charge in [0.05, 0.1) is 6.10 Å². The second kappa shape index (κ2) is 21.6. The van der Waals surface area contributed by atoms with Gasteiger partial charge in [0.25, 0.3) is 0 Å². The lowest BCUT2D eigenvalue weighted by Crippen LogP contribution is -2.28. The summed E-state index contributed by atoms with van der Waals surface area (Å²) >= 11 is 0. The van der Waals surface area contributed by atoms with Crippen LogP contribution in [0.1, 0.15) is 130 Å². The zero-order valence-electron chi connectivity index (χ0n) is 20.8. The van der Waals surface area contributed by atoms with E-state index in [2.05, 4.69) is 25.8 Å². The van der Waals surface area contributed by atoms with Gasteiger partial charge >= 0.3 is 5.97 Å². The van der Waals surface area contributed by atoms with Crippen LogP contribution in [0.25, 0.3) is 0 Å². The maximum atomic E-state index is 12.3. The van der Waals surface area contributed by atoms with Gasteiger partial charge in [0, 0.05) is 13.0 Å². The number of ether oxygens (including phenoxy) is 1. The number of hydrogen-bond acceptors (Lipinski definition) is 4. The SMILES string of the molecule is CCCCCCCCC(CCCCCC)OC(=O)CCCCCCN(C)CC(C)O. The Kier molecular flexibility index (Phi) is 21.2. The Bertz CT molecular complexity index is 373. The molecule has 0 aliphatic heterocycles. The van der Waals surface area contributed by atoms with Crippen molar-refractivity contribution in [3.8, 4) is 0 Å². The predicted octanol–water partition coefficient (Wildman–Crippen LogP) is 6.88. The molecule has 0 heterocycles. The predicted molar refractivity (Wildman–Crippen MR) is 129 cm³/mol. The molecule has 0 amide bonds. The molecule has 2 unspecified atom stereocenters. The van der Waals surface area contributed by atoms with Crippen LogP contribution in [0.5, 0.6) is 0 Å². The van der Waals surface area contributed by atoms with Crippen LogP contribution in [0, 0.1) is 0 Å². The van der Waals surface area contributed by atoms with Crippen LogP contribution in [-0.2, 0) is 9.53 Å². The summed E-state index contributed by atoms with van der Waals surface area (Å²) in [6, 6.07) is 0. The fourth-order valence-electron chi connectivity index (χ4n) is 4.01. The first-order valence-electron chi connectivity index (χ1n) is 13.1. The number of likely N-dealkylation sites (N-methyl/N-ethyl adjacent to an activating group) is 1. The van der Waals surface area contributed by atoms with Gasteiger partial charge in [0.1, 0.15) is 6.10 Å². The third kappa shape index (κ3) is 20.7. The topological polar surface area (TPSA) is 49.8 Å². The largest absolute Gasteiger partial charge is 0.462 e. The lowest BCUT2D eigenvalue weighted by molar-refractivity contribution is -0.150. The van der Waals surface area contributed by atoms with Gasteiger partial charge in [0.15, 0.2) is 0 Å². The van der Waals surface area contributed by atoms with Crippen molar-refractivity contribution in [2.45, 2.75) is 142 Å². The highest BCUT2D eigenvalue weighted by Gasteiger charge is 2.14. The minimum atomic E-state index is -0.268. The van der Waals surface area contributed by atoms with E-state index >= 15 is 0 Å². The third-order valence-corrected chi connectivity index (χ3v) is 5.80. The van der Waals surface area contributed by atoms with E-state index in [4.69, 9.17) is 4.74 Å². The molecule has 0 saturated carbocycles. The van der Waals surface area contributed by atoms with E-state index in [9.17, 15) is 9.90 Å². The molecule has 1 N–H and O–H groups in total. The lowest BCUT2D eigenvalue weighted by Gasteiger charge is -2.18. The number of hydrogen-bond donors (Lipinski definition) is 1. The van der Waals surface area contributed by atoms with E-state index in [-0.39, 0.29) is 18.2 Å². The summed E-state index contributed by atoms with van der Waals surface area (Å²) in [4.78, 5) is 14.5. The Morgan fingerprint density at radius 2 is 1.30 bits per heavy atom. The first-order valence-corrected chi connectivity index (χ1v) is 13.1. The van der Waals surface area contributed by atoms with E-state index in [1.807, 2.05) is 6.92 Å². The van der Waals surface area contributed by atoms with Crippen LogP contribution in [0.3, 0.4) is 0 Å².